The number of nitrogens with one attached hydrogen (secondary N) is 1. The maximum absolute atomic E-state index is 10.7. The topological polar surface area (TPSA) is 91.5 Å². The molecule has 2 heterocycles. The highest BCUT2D eigenvalue weighted by molar-refractivity contribution is 5.65. The van der Waals surface area contributed by atoms with Crippen molar-refractivity contribution < 1.29 is 9.90 Å². The lowest BCUT2D eigenvalue weighted by Crippen LogP contribution is -2.30. The molecule has 1 atom stereocenters. The molecule has 16 heavy (non-hydrogen) atoms. The van der Waals surface area contributed by atoms with Gasteiger partial charge in [0.2, 0.25) is 0 Å². The number of hydrogen-bond acceptors (Lipinski definition) is 4. The minimum atomic E-state index is -0.866. The van der Waals surface area contributed by atoms with Gasteiger partial charge in [0.1, 0.15) is 5.82 Å². The molecule has 6 nitrogen and oxygen atoms in total. The van der Waals surface area contributed by atoms with Crippen LogP contribution in [0.1, 0.15) is 6.42 Å². The Kier molecular flexibility index (Phi) is 2.80. The van der Waals surface area contributed by atoms with Gasteiger partial charge in [-0.15, -0.1) is 0 Å². The molecular formula is C10H14N4O2. The largest absolute Gasteiger partial charge is 0.465 e. The number of pyridine rings is 1. The third-order valence-electron chi connectivity index (χ3n) is 2.60. The van der Waals surface area contributed by atoms with Gasteiger partial charge in [0, 0.05) is 19.1 Å². The Morgan fingerprint density at radius 1 is 1.62 bits per heavy atom. The van der Waals surface area contributed by atoms with Gasteiger partial charge < -0.3 is 21.1 Å². The van der Waals surface area contributed by atoms with Crippen LogP contribution in [0.2, 0.25) is 0 Å². The average molecular weight is 222 g/mol. The number of nitrogens with two attached hydrogens (primary N) is 1. The normalized spacial score (nSPS) is 19.8. The Labute approximate surface area is 93.1 Å². The summed E-state index contributed by atoms with van der Waals surface area (Å²) in [6.07, 6.45) is 1.51. The molecular weight excluding hydrogens is 208 g/mol. The predicted molar refractivity (Wildman–Crippen MR) is 60.3 cm³/mol. The zero-order chi connectivity index (χ0) is 11.5. The Morgan fingerprint density at radius 2 is 2.44 bits per heavy atom. The molecule has 2 rings (SSSR count). The van der Waals surface area contributed by atoms with E-state index < -0.39 is 6.09 Å². The molecule has 86 valence electrons. The number of anilines is 2. The summed E-state index contributed by atoms with van der Waals surface area (Å²) in [5.41, 5.74) is 6.14. The second-order valence-electron chi connectivity index (χ2n) is 3.84. The molecule has 0 spiro atoms. The molecule has 6 heteroatoms. The first kappa shape index (κ1) is 10.5. The van der Waals surface area contributed by atoms with E-state index in [9.17, 15) is 4.79 Å². The van der Waals surface area contributed by atoms with Crippen molar-refractivity contribution >= 4 is 17.6 Å². The fraction of sp³-hybridized carbons (Fsp3) is 0.400. The van der Waals surface area contributed by atoms with Crippen LogP contribution in [0.4, 0.5) is 16.3 Å². The van der Waals surface area contributed by atoms with E-state index in [-0.39, 0.29) is 6.04 Å². The van der Waals surface area contributed by atoms with E-state index in [2.05, 4.69) is 10.3 Å². The van der Waals surface area contributed by atoms with Crippen LogP contribution in [0.25, 0.3) is 0 Å². The van der Waals surface area contributed by atoms with E-state index in [1.807, 2.05) is 0 Å². The smallest absolute Gasteiger partial charge is 0.407 e. The molecule has 1 fully saturated rings. The average Bonchev–Trinajstić information content (AvgIpc) is 2.70. The van der Waals surface area contributed by atoms with Gasteiger partial charge in [0.25, 0.3) is 0 Å². The summed E-state index contributed by atoms with van der Waals surface area (Å²) in [6, 6.07) is 3.69. The van der Waals surface area contributed by atoms with Gasteiger partial charge >= 0.3 is 6.09 Å². The van der Waals surface area contributed by atoms with Crippen molar-refractivity contribution in [2.24, 2.45) is 0 Å². The van der Waals surface area contributed by atoms with Crippen molar-refractivity contribution in [2.75, 3.05) is 24.1 Å². The van der Waals surface area contributed by atoms with Crippen molar-refractivity contribution in [3.05, 3.63) is 18.3 Å². The minimum Gasteiger partial charge on any atom is -0.465 e. The number of rotatable bonds is 2. The van der Waals surface area contributed by atoms with Crippen LogP contribution in [0.5, 0.6) is 0 Å². The first-order chi connectivity index (χ1) is 7.65. The molecule has 1 amide bonds. The number of nitrogens with zero attached hydrogens (tertiary/aromatic N) is 2. The summed E-state index contributed by atoms with van der Waals surface area (Å²) in [5, 5.41) is 12.0. The van der Waals surface area contributed by atoms with Crippen molar-refractivity contribution in [1.29, 1.82) is 0 Å². The van der Waals surface area contributed by atoms with Gasteiger partial charge in [0.05, 0.1) is 11.9 Å². The molecule has 4 N–H and O–H groups in total. The van der Waals surface area contributed by atoms with Crippen LogP contribution < -0.4 is 11.1 Å². The maximum atomic E-state index is 10.7. The Morgan fingerprint density at radius 3 is 3.00 bits per heavy atom. The number of amides is 1. The van der Waals surface area contributed by atoms with Crippen LogP contribution in [0.3, 0.4) is 0 Å². The summed E-state index contributed by atoms with van der Waals surface area (Å²) in [7, 11) is 0. The summed E-state index contributed by atoms with van der Waals surface area (Å²) >= 11 is 0. The van der Waals surface area contributed by atoms with E-state index in [1.54, 1.807) is 18.3 Å². The van der Waals surface area contributed by atoms with Gasteiger partial charge in [-0.2, -0.15) is 0 Å². The van der Waals surface area contributed by atoms with Crippen molar-refractivity contribution in [3.8, 4) is 0 Å². The predicted octanol–water partition coefficient (Wildman–Crippen LogP) is 0.828. The highest BCUT2D eigenvalue weighted by Gasteiger charge is 2.25. The maximum Gasteiger partial charge on any atom is 0.407 e. The highest BCUT2D eigenvalue weighted by atomic mass is 16.4. The molecule has 0 bridgehead atoms. The van der Waals surface area contributed by atoms with E-state index in [0.717, 1.165) is 12.2 Å². The third-order valence-corrected chi connectivity index (χ3v) is 2.60. The van der Waals surface area contributed by atoms with Crippen LogP contribution in [0, 0.1) is 0 Å². The summed E-state index contributed by atoms with van der Waals surface area (Å²) in [6.45, 7) is 1.07. The molecule has 1 aliphatic rings. The SMILES string of the molecule is Nc1ccc(N[C@@H]2CCN(C(=O)O)C2)nc1. The number of aromatic nitrogens is 1. The molecule has 1 aliphatic heterocycles. The van der Waals surface area contributed by atoms with E-state index in [0.29, 0.717) is 18.8 Å². The molecule has 0 aliphatic carbocycles. The van der Waals surface area contributed by atoms with Gasteiger partial charge in [-0.3, -0.25) is 0 Å². The fourth-order valence-corrected chi connectivity index (χ4v) is 1.75. The van der Waals surface area contributed by atoms with Gasteiger partial charge in [-0.05, 0) is 18.6 Å². The number of carboxylic acid groups (broad SMARTS) is 1. The minimum absolute atomic E-state index is 0.132. The Bertz CT molecular complexity index is 379. The molecule has 0 aromatic carbocycles. The van der Waals surface area contributed by atoms with Crippen LogP contribution in [-0.4, -0.2) is 40.2 Å². The van der Waals surface area contributed by atoms with E-state index in [4.69, 9.17) is 10.8 Å². The lowest BCUT2D eigenvalue weighted by Gasteiger charge is -2.14. The molecule has 0 unspecified atom stereocenters. The van der Waals surface area contributed by atoms with E-state index >= 15 is 0 Å². The molecule has 0 saturated carbocycles. The molecule has 0 radical (unpaired) electrons. The standard InChI is InChI=1S/C10H14N4O2/c11-7-1-2-9(12-5-7)13-8-3-4-14(6-8)10(15)16/h1-2,5,8H,3-4,6,11H2,(H,12,13)(H,15,16)/t8-/m1/s1. The van der Waals surface area contributed by atoms with Crippen molar-refractivity contribution in [1.82, 2.24) is 9.88 Å². The zero-order valence-corrected chi connectivity index (χ0v) is 8.76. The first-order valence-corrected chi connectivity index (χ1v) is 5.11. The lowest BCUT2D eigenvalue weighted by atomic mass is 10.2. The second-order valence-corrected chi connectivity index (χ2v) is 3.84. The lowest BCUT2D eigenvalue weighted by molar-refractivity contribution is 0.155. The fourth-order valence-electron chi connectivity index (χ4n) is 1.75. The van der Waals surface area contributed by atoms with Gasteiger partial charge in [-0.1, -0.05) is 0 Å². The third kappa shape index (κ3) is 2.33. The van der Waals surface area contributed by atoms with Crippen LogP contribution in [0.15, 0.2) is 18.3 Å². The monoisotopic (exact) mass is 222 g/mol. The molecule has 1 aromatic rings. The summed E-state index contributed by atoms with van der Waals surface area (Å²) in [4.78, 5) is 16.2. The summed E-state index contributed by atoms with van der Waals surface area (Å²) < 4.78 is 0. The molecule has 1 saturated heterocycles. The second kappa shape index (κ2) is 4.26. The Hall–Kier alpha value is -1.98. The van der Waals surface area contributed by atoms with E-state index in [1.165, 1.54) is 4.90 Å². The van der Waals surface area contributed by atoms with Crippen LogP contribution >= 0.6 is 0 Å². The summed E-state index contributed by atoms with van der Waals surface area (Å²) in [5.74, 6) is 0.728. The van der Waals surface area contributed by atoms with Gasteiger partial charge in [-0.25, -0.2) is 9.78 Å². The van der Waals surface area contributed by atoms with Crippen molar-refractivity contribution in [3.63, 3.8) is 0 Å². The number of nitrogen functional groups attached to an aromatic ring is 1. The zero-order valence-electron chi connectivity index (χ0n) is 8.76. The van der Waals surface area contributed by atoms with Crippen molar-refractivity contribution in [2.45, 2.75) is 12.5 Å². The number of likely N-dealkylation sites (tertiary alicyclic amines) is 1. The Balaban J connectivity index is 1.92. The number of hydrogen-bond donors (Lipinski definition) is 3. The van der Waals surface area contributed by atoms with Crippen LogP contribution in [-0.2, 0) is 0 Å². The number of carbonyl (C=O) groups is 1. The molecule has 1 aromatic heterocycles. The first-order valence-electron chi connectivity index (χ1n) is 5.11. The van der Waals surface area contributed by atoms with Gasteiger partial charge in [0.15, 0.2) is 0 Å². The quantitative estimate of drug-likeness (QED) is 0.689. The highest BCUT2D eigenvalue weighted by Crippen LogP contribution is 2.14.